The number of carboxylic acid groups (broad SMARTS) is 1. The molecule has 0 radical (unpaired) electrons. The van der Waals surface area contributed by atoms with Crippen LogP contribution in [0.2, 0.25) is 25.2 Å². The van der Waals surface area contributed by atoms with Gasteiger partial charge in [-0.25, -0.2) is 9.59 Å². The van der Waals surface area contributed by atoms with Gasteiger partial charge in [-0.3, -0.25) is 0 Å². The number of rotatable bonds is 4. The molecule has 1 amide bonds. The Balaban J connectivity index is 1.94. The van der Waals surface area contributed by atoms with E-state index in [2.05, 4.69) is 18.4 Å². The van der Waals surface area contributed by atoms with Gasteiger partial charge in [-0.1, -0.05) is 55.5 Å². The molecule has 0 aliphatic carbocycles. The summed E-state index contributed by atoms with van der Waals surface area (Å²) in [6, 6.07) is 11.1. The molecule has 0 bridgehead atoms. The second-order valence-corrected chi connectivity index (χ2v) is 12.1. The molecule has 120 valence electrons. The molecule has 0 aromatic heterocycles. The Kier molecular flexibility index (Phi) is 4.90. The third-order valence-electron chi connectivity index (χ3n) is 4.42. The molecule has 0 saturated carbocycles. The highest BCUT2D eigenvalue weighted by atomic mass is 28.3. The van der Waals surface area contributed by atoms with Gasteiger partial charge in [-0.15, -0.1) is 0 Å². The van der Waals surface area contributed by atoms with Crippen LogP contribution in [0.15, 0.2) is 30.3 Å². The van der Waals surface area contributed by atoms with Gasteiger partial charge in [-0.05, 0) is 18.4 Å². The van der Waals surface area contributed by atoms with Crippen LogP contribution in [0.4, 0.5) is 4.79 Å². The lowest BCUT2D eigenvalue weighted by Gasteiger charge is -2.39. The summed E-state index contributed by atoms with van der Waals surface area (Å²) in [6.07, 6.45) is 0.317. The Labute approximate surface area is 131 Å². The zero-order chi connectivity index (χ0) is 16.2. The number of carbonyl (C=O) groups excluding carboxylic acids is 1. The average molecular weight is 321 g/mol. The number of benzene rings is 1. The maximum absolute atomic E-state index is 12.0. The fraction of sp³-hybridized carbons (Fsp3) is 0.500. The van der Waals surface area contributed by atoms with Crippen LogP contribution in [0.3, 0.4) is 0 Å². The Bertz CT molecular complexity index is 534. The molecule has 2 N–H and O–H groups in total. The number of carboxylic acids is 1. The van der Waals surface area contributed by atoms with E-state index in [0.717, 1.165) is 17.7 Å². The SMILES string of the molecule is C[Si]1(C)CCC(NC(=O)OCc2ccccc2)(C(=O)O)CC1. The second-order valence-electron chi connectivity index (χ2n) is 6.74. The number of alkyl carbamates (subject to hydrolysis) is 1. The topological polar surface area (TPSA) is 75.6 Å². The summed E-state index contributed by atoms with van der Waals surface area (Å²) >= 11 is 0. The molecule has 0 spiro atoms. The van der Waals surface area contributed by atoms with Crippen LogP contribution in [0.1, 0.15) is 18.4 Å². The summed E-state index contributed by atoms with van der Waals surface area (Å²) in [5.41, 5.74) is -0.296. The van der Waals surface area contributed by atoms with Gasteiger partial charge in [0.25, 0.3) is 0 Å². The Hall–Kier alpha value is -1.82. The quantitative estimate of drug-likeness (QED) is 0.835. The van der Waals surface area contributed by atoms with Crippen LogP contribution in [0.25, 0.3) is 0 Å². The molecule has 1 fully saturated rings. The Morgan fingerprint density at radius 2 is 1.82 bits per heavy atom. The van der Waals surface area contributed by atoms with Gasteiger partial charge in [0, 0.05) is 8.07 Å². The maximum Gasteiger partial charge on any atom is 0.408 e. The zero-order valence-electron chi connectivity index (χ0n) is 13.1. The van der Waals surface area contributed by atoms with Crippen molar-refractivity contribution in [2.24, 2.45) is 0 Å². The van der Waals surface area contributed by atoms with Crippen molar-refractivity contribution in [2.75, 3.05) is 0 Å². The summed E-state index contributed by atoms with van der Waals surface area (Å²) in [4.78, 5) is 23.6. The van der Waals surface area contributed by atoms with Gasteiger partial charge in [0.15, 0.2) is 0 Å². The molecule has 1 aliphatic rings. The van der Waals surface area contributed by atoms with Crippen molar-refractivity contribution >= 4 is 20.1 Å². The summed E-state index contributed by atoms with van der Waals surface area (Å²) < 4.78 is 5.16. The predicted molar refractivity (Wildman–Crippen MR) is 86.5 cm³/mol. The van der Waals surface area contributed by atoms with Gasteiger partial charge in [0.1, 0.15) is 12.1 Å². The molecular weight excluding hydrogens is 298 g/mol. The third-order valence-corrected chi connectivity index (χ3v) is 7.63. The van der Waals surface area contributed by atoms with E-state index in [4.69, 9.17) is 4.74 Å². The molecule has 1 saturated heterocycles. The fourth-order valence-corrected chi connectivity index (χ4v) is 5.16. The highest BCUT2D eigenvalue weighted by molar-refractivity contribution is 6.77. The minimum Gasteiger partial charge on any atom is -0.480 e. The molecule has 0 atom stereocenters. The monoisotopic (exact) mass is 321 g/mol. The number of ether oxygens (including phenoxy) is 1. The Morgan fingerprint density at radius 1 is 1.23 bits per heavy atom. The molecule has 0 unspecified atom stereocenters. The van der Waals surface area contributed by atoms with Crippen molar-refractivity contribution in [1.29, 1.82) is 0 Å². The summed E-state index contributed by atoms with van der Waals surface area (Å²) in [7, 11) is -1.30. The lowest BCUT2D eigenvalue weighted by atomic mass is 9.92. The molecule has 1 heterocycles. The second kappa shape index (κ2) is 6.52. The number of amides is 1. The van der Waals surface area contributed by atoms with E-state index in [9.17, 15) is 14.7 Å². The van der Waals surface area contributed by atoms with Crippen LogP contribution in [0.5, 0.6) is 0 Å². The van der Waals surface area contributed by atoms with Crippen molar-refractivity contribution in [2.45, 2.75) is 50.2 Å². The number of nitrogens with one attached hydrogen (secondary N) is 1. The molecular formula is C16H23NO4Si. The lowest BCUT2D eigenvalue weighted by Crippen LogP contribution is -2.58. The van der Waals surface area contributed by atoms with Gasteiger partial charge >= 0.3 is 12.1 Å². The van der Waals surface area contributed by atoms with Gasteiger partial charge < -0.3 is 15.2 Å². The smallest absolute Gasteiger partial charge is 0.408 e. The van der Waals surface area contributed by atoms with E-state index in [0.29, 0.717) is 12.8 Å². The standard InChI is InChI=1S/C16H23NO4Si/c1-22(2)10-8-16(9-11-22,14(18)19)17-15(20)21-12-13-6-4-3-5-7-13/h3-7H,8-12H2,1-2H3,(H,17,20)(H,18,19). The van der Waals surface area contributed by atoms with Crippen LogP contribution >= 0.6 is 0 Å². The van der Waals surface area contributed by atoms with Crippen molar-refractivity contribution in [3.63, 3.8) is 0 Å². The first kappa shape index (κ1) is 16.5. The van der Waals surface area contributed by atoms with E-state index in [1.807, 2.05) is 30.3 Å². The largest absolute Gasteiger partial charge is 0.480 e. The highest BCUT2D eigenvalue weighted by Crippen LogP contribution is 2.35. The molecule has 6 heteroatoms. The van der Waals surface area contributed by atoms with E-state index in [-0.39, 0.29) is 6.61 Å². The summed E-state index contributed by atoms with van der Waals surface area (Å²) in [6.45, 7) is 4.65. The molecule has 1 aromatic rings. The van der Waals surface area contributed by atoms with Crippen molar-refractivity contribution < 1.29 is 19.4 Å². The van der Waals surface area contributed by atoms with Crippen molar-refractivity contribution in [3.8, 4) is 0 Å². The zero-order valence-corrected chi connectivity index (χ0v) is 14.1. The lowest BCUT2D eigenvalue weighted by molar-refractivity contribution is -0.145. The van der Waals surface area contributed by atoms with Crippen LogP contribution in [-0.2, 0) is 16.1 Å². The van der Waals surface area contributed by atoms with E-state index < -0.39 is 25.7 Å². The van der Waals surface area contributed by atoms with E-state index in [1.165, 1.54) is 0 Å². The Morgan fingerprint density at radius 3 is 2.36 bits per heavy atom. The number of aliphatic carboxylic acids is 1. The number of carbonyl (C=O) groups is 2. The normalized spacial score (nSPS) is 19.2. The number of hydrogen-bond acceptors (Lipinski definition) is 3. The van der Waals surface area contributed by atoms with Crippen LogP contribution < -0.4 is 5.32 Å². The molecule has 1 aromatic carbocycles. The maximum atomic E-state index is 12.0. The van der Waals surface area contributed by atoms with Crippen molar-refractivity contribution in [1.82, 2.24) is 5.32 Å². The van der Waals surface area contributed by atoms with Crippen LogP contribution in [0, 0.1) is 0 Å². The molecule has 1 aliphatic heterocycles. The van der Waals surface area contributed by atoms with Gasteiger partial charge in [-0.2, -0.15) is 0 Å². The van der Waals surface area contributed by atoms with Gasteiger partial charge in [0.05, 0.1) is 0 Å². The fourth-order valence-electron chi connectivity index (χ4n) is 2.70. The first-order valence-corrected chi connectivity index (χ1v) is 11.0. The summed E-state index contributed by atoms with van der Waals surface area (Å²) in [5.74, 6) is -0.964. The first-order chi connectivity index (χ1) is 10.3. The minimum absolute atomic E-state index is 0.141. The predicted octanol–water partition coefficient (Wildman–Crippen LogP) is 3.24. The third kappa shape index (κ3) is 4.10. The molecule has 22 heavy (non-hydrogen) atoms. The van der Waals surface area contributed by atoms with Crippen LogP contribution in [-0.4, -0.2) is 30.8 Å². The number of hydrogen-bond donors (Lipinski definition) is 2. The molecule has 5 nitrogen and oxygen atoms in total. The highest BCUT2D eigenvalue weighted by Gasteiger charge is 2.46. The van der Waals surface area contributed by atoms with Crippen molar-refractivity contribution in [3.05, 3.63) is 35.9 Å². The molecule has 2 rings (SSSR count). The van der Waals surface area contributed by atoms with Gasteiger partial charge in [0.2, 0.25) is 0 Å². The van der Waals surface area contributed by atoms with E-state index >= 15 is 0 Å². The average Bonchev–Trinajstić information content (AvgIpc) is 2.48. The summed E-state index contributed by atoms with van der Waals surface area (Å²) in [5, 5.41) is 12.1. The van der Waals surface area contributed by atoms with E-state index in [1.54, 1.807) is 0 Å². The first-order valence-electron chi connectivity index (χ1n) is 7.55. The minimum atomic E-state index is -1.30.